The molecule has 2 rings (SSSR count). The molecule has 6 nitrogen and oxygen atoms in total. The van der Waals surface area contributed by atoms with E-state index in [1.54, 1.807) is 4.68 Å². The number of nitrogens with zero attached hydrogens (tertiary/aromatic N) is 3. The number of hydrogen-bond acceptors (Lipinski definition) is 4. The summed E-state index contributed by atoms with van der Waals surface area (Å²) in [5, 5.41) is 11.1. The van der Waals surface area contributed by atoms with E-state index in [1.165, 1.54) is 0 Å². The van der Waals surface area contributed by atoms with Gasteiger partial charge in [-0.1, -0.05) is 23.4 Å². The van der Waals surface area contributed by atoms with Gasteiger partial charge in [-0.25, -0.2) is 4.68 Å². The normalized spacial score (nSPS) is 11.6. The average molecular weight is 324 g/mol. The largest absolute Gasteiger partial charge is 0.356 e. The van der Waals surface area contributed by atoms with Crippen molar-refractivity contribution >= 4 is 18.3 Å². The number of hydrogen-bond donors (Lipinski definition) is 2. The summed E-state index contributed by atoms with van der Waals surface area (Å²) in [4.78, 5) is 11.9. The Morgan fingerprint density at radius 1 is 1.36 bits per heavy atom. The summed E-state index contributed by atoms with van der Waals surface area (Å²) in [7, 11) is 0. The van der Waals surface area contributed by atoms with Crippen LogP contribution < -0.4 is 11.1 Å². The zero-order valence-corrected chi connectivity index (χ0v) is 13.6. The van der Waals surface area contributed by atoms with E-state index in [2.05, 4.69) is 15.6 Å². The molecule has 0 saturated carbocycles. The maximum absolute atomic E-state index is 11.9. The summed E-state index contributed by atoms with van der Waals surface area (Å²) in [6.07, 6.45) is 0.999. The first-order valence-corrected chi connectivity index (χ1v) is 7.07. The standard InChI is InChI=1S/C15H21N5O.ClH/c1-11(16)8-9-17-15(21)10-14-12(2)20(19-18-14)13-6-4-3-5-7-13;/h3-7,11H,8-10,16H2,1-2H3,(H,17,21);1H. The van der Waals surface area contributed by atoms with Gasteiger partial charge in [0.1, 0.15) is 0 Å². The van der Waals surface area contributed by atoms with Gasteiger partial charge >= 0.3 is 0 Å². The van der Waals surface area contributed by atoms with E-state index in [0.717, 1.165) is 17.8 Å². The number of nitrogens with two attached hydrogens (primary N) is 1. The Morgan fingerprint density at radius 3 is 2.68 bits per heavy atom. The molecule has 1 aromatic carbocycles. The molecule has 2 aromatic rings. The average Bonchev–Trinajstić information content (AvgIpc) is 2.81. The lowest BCUT2D eigenvalue weighted by Crippen LogP contribution is -2.30. The number of para-hydroxylation sites is 1. The fraction of sp³-hybridized carbons (Fsp3) is 0.400. The molecule has 0 spiro atoms. The molecule has 0 aliphatic carbocycles. The number of carbonyl (C=O) groups is 1. The van der Waals surface area contributed by atoms with Gasteiger partial charge in [0.25, 0.3) is 0 Å². The molecule has 120 valence electrons. The Kier molecular flexibility index (Phi) is 7.01. The summed E-state index contributed by atoms with van der Waals surface area (Å²) in [6, 6.07) is 9.82. The van der Waals surface area contributed by atoms with Crippen LogP contribution in [-0.2, 0) is 11.2 Å². The van der Waals surface area contributed by atoms with Crippen LogP contribution in [0.25, 0.3) is 5.69 Å². The van der Waals surface area contributed by atoms with E-state index in [4.69, 9.17) is 5.73 Å². The highest BCUT2D eigenvalue weighted by Gasteiger charge is 2.13. The molecular weight excluding hydrogens is 302 g/mol. The fourth-order valence-electron chi connectivity index (χ4n) is 1.99. The summed E-state index contributed by atoms with van der Waals surface area (Å²) >= 11 is 0. The van der Waals surface area contributed by atoms with Crippen molar-refractivity contribution in [3.63, 3.8) is 0 Å². The molecule has 0 fully saturated rings. The number of rotatable bonds is 6. The minimum atomic E-state index is -0.0566. The predicted molar refractivity (Wildman–Crippen MR) is 88.3 cm³/mol. The monoisotopic (exact) mass is 323 g/mol. The Labute approximate surface area is 136 Å². The zero-order valence-electron chi connectivity index (χ0n) is 12.8. The van der Waals surface area contributed by atoms with Gasteiger partial charge in [0.15, 0.2) is 0 Å². The van der Waals surface area contributed by atoms with Crippen LogP contribution in [0.1, 0.15) is 24.7 Å². The fourth-order valence-corrected chi connectivity index (χ4v) is 1.99. The van der Waals surface area contributed by atoms with Gasteiger partial charge in [0.2, 0.25) is 5.91 Å². The lowest BCUT2D eigenvalue weighted by atomic mass is 10.2. The molecule has 7 heteroatoms. The van der Waals surface area contributed by atoms with Crippen LogP contribution in [0.5, 0.6) is 0 Å². The van der Waals surface area contributed by atoms with Crippen molar-refractivity contribution in [1.82, 2.24) is 20.3 Å². The van der Waals surface area contributed by atoms with Crippen LogP contribution in [0.3, 0.4) is 0 Å². The molecule has 1 amide bonds. The number of nitrogens with one attached hydrogen (secondary N) is 1. The molecule has 1 heterocycles. The molecule has 1 atom stereocenters. The molecule has 0 aliphatic rings. The first kappa shape index (κ1) is 18.1. The quantitative estimate of drug-likeness (QED) is 0.841. The summed E-state index contributed by atoms with van der Waals surface area (Å²) in [5.41, 5.74) is 8.15. The van der Waals surface area contributed by atoms with Gasteiger partial charge < -0.3 is 11.1 Å². The third kappa shape index (κ3) is 4.82. The van der Waals surface area contributed by atoms with Crippen molar-refractivity contribution in [3.05, 3.63) is 41.7 Å². The maximum atomic E-state index is 11.9. The first-order valence-electron chi connectivity index (χ1n) is 7.07. The Hall–Kier alpha value is -1.92. The molecule has 0 bridgehead atoms. The number of halogens is 1. The zero-order chi connectivity index (χ0) is 15.2. The van der Waals surface area contributed by atoms with Crippen molar-refractivity contribution in [2.75, 3.05) is 6.54 Å². The van der Waals surface area contributed by atoms with E-state index in [1.807, 2.05) is 44.2 Å². The maximum Gasteiger partial charge on any atom is 0.226 e. The van der Waals surface area contributed by atoms with Crippen LogP contribution in [0.2, 0.25) is 0 Å². The summed E-state index contributed by atoms with van der Waals surface area (Å²) in [6.45, 7) is 4.42. The molecule has 0 aliphatic heterocycles. The topological polar surface area (TPSA) is 85.8 Å². The van der Waals surface area contributed by atoms with E-state index in [9.17, 15) is 4.79 Å². The van der Waals surface area contributed by atoms with Crippen LogP contribution in [-0.4, -0.2) is 33.5 Å². The highest BCUT2D eigenvalue weighted by Crippen LogP contribution is 2.11. The number of amides is 1. The van der Waals surface area contributed by atoms with Crippen molar-refractivity contribution in [3.8, 4) is 5.69 Å². The van der Waals surface area contributed by atoms with Crippen LogP contribution >= 0.6 is 12.4 Å². The van der Waals surface area contributed by atoms with E-state index >= 15 is 0 Å². The van der Waals surface area contributed by atoms with Gasteiger partial charge in [0, 0.05) is 12.6 Å². The van der Waals surface area contributed by atoms with Crippen LogP contribution in [0.4, 0.5) is 0 Å². The van der Waals surface area contributed by atoms with Gasteiger partial charge in [-0.15, -0.1) is 17.5 Å². The number of aromatic nitrogens is 3. The lowest BCUT2D eigenvalue weighted by Gasteiger charge is -2.07. The minimum Gasteiger partial charge on any atom is -0.356 e. The Balaban J connectivity index is 0.00000242. The van der Waals surface area contributed by atoms with Crippen LogP contribution in [0.15, 0.2) is 30.3 Å². The molecule has 3 N–H and O–H groups in total. The molecule has 1 aromatic heterocycles. The third-order valence-electron chi connectivity index (χ3n) is 3.24. The van der Waals surface area contributed by atoms with Crippen molar-refractivity contribution in [1.29, 1.82) is 0 Å². The third-order valence-corrected chi connectivity index (χ3v) is 3.24. The van der Waals surface area contributed by atoms with Crippen molar-refractivity contribution in [2.24, 2.45) is 5.73 Å². The lowest BCUT2D eigenvalue weighted by molar-refractivity contribution is -0.120. The highest BCUT2D eigenvalue weighted by molar-refractivity contribution is 5.85. The van der Waals surface area contributed by atoms with Gasteiger partial charge in [0.05, 0.1) is 23.5 Å². The summed E-state index contributed by atoms with van der Waals surface area (Å²) < 4.78 is 1.74. The van der Waals surface area contributed by atoms with Crippen LogP contribution in [0, 0.1) is 6.92 Å². The van der Waals surface area contributed by atoms with Gasteiger partial charge in [-0.2, -0.15) is 0 Å². The molecule has 0 saturated heterocycles. The molecular formula is C15H22ClN5O. The number of benzene rings is 1. The molecule has 22 heavy (non-hydrogen) atoms. The molecule has 1 unspecified atom stereocenters. The predicted octanol–water partition coefficient (Wildman–Crippen LogP) is 1.39. The second kappa shape index (κ2) is 8.51. The Morgan fingerprint density at radius 2 is 2.05 bits per heavy atom. The van der Waals surface area contributed by atoms with Crippen molar-refractivity contribution in [2.45, 2.75) is 32.7 Å². The highest BCUT2D eigenvalue weighted by atomic mass is 35.5. The second-order valence-corrected chi connectivity index (χ2v) is 5.16. The van der Waals surface area contributed by atoms with Gasteiger partial charge in [-0.3, -0.25) is 4.79 Å². The minimum absolute atomic E-state index is 0. The number of carbonyl (C=O) groups excluding carboxylic acids is 1. The van der Waals surface area contributed by atoms with E-state index in [0.29, 0.717) is 12.2 Å². The smallest absolute Gasteiger partial charge is 0.226 e. The second-order valence-electron chi connectivity index (χ2n) is 5.16. The van der Waals surface area contributed by atoms with E-state index in [-0.39, 0.29) is 30.8 Å². The molecule has 0 radical (unpaired) electrons. The first-order chi connectivity index (χ1) is 10.1. The van der Waals surface area contributed by atoms with E-state index < -0.39 is 0 Å². The van der Waals surface area contributed by atoms with Crippen molar-refractivity contribution < 1.29 is 4.79 Å². The summed E-state index contributed by atoms with van der Waals surface area (Å²) in [5.74, 6) is -0.0566. The SMILES string of the molecule is Cc1c(CC(=O)NCCC(C)N)nnn1-c1ccccc1.Cl. The van der Waals surface area contributed by atoms with Gasteiger partial charge in [-0.05, 0) is 32.4 Å². The Bertz CT molecular complexity index is 597.